The van der Waals surface area contributed by atoms with Crippen LogP contribution in [-0.4, -0.2) is 24.2 Å². The van der Waals surface area contributed by atoms with Gasteiger partial charge in [-0.3, -0.25) is 0 Å². The Morgan fingerprint density at radius 2 is 2.40 bits per heavy atom. The number of rotatable bonds is 2. The molecular formula is C11H17N3O. The predicted octanol–water partition coefficient (Wildman–Crippen LogP) is 1.56. The maximum Gasteiger partial charge on any atom is 0.149 e. The number of hydrogen-bond donors (Lipinski definition) is 2. The molecule has 1 unspecified atom stereocenters. The first-order valence-electron chi connectivity index (χ1n) is 5.33. The van der Waals surface area contributed by atoms with Gasteiger partial charge < -0.3 is 15.8 Å². The van der Waals surface area contributed by atoms with Crippen molar-refractivity contribution in [3.63, 3.8) is 0 Å². The minimum atomic E-state index is 0.343. The molecule has 1 fully saturated rings. The predicted molar refractivity (Wildman–Crippen MR) is 60.9 cm³/mol. The van der Waals surface area contributed by atoms with E-state index in [2.05, 4.69) is 10.3 Å². The summed E-state index contributed by atoms with van der Waals surface area (Å²) in [5.41, 5.74) is 7.52. The van der Waals surface area contributed by atoms with E-state index in [0.717, 1.165) is 37.6 Å². The molecule has 15 heavy (non-hydrogen) atoms. The summed E-state index contributed by atoms with van der Waals surface area (Å²) in [6.45, 7) is 3.58. The molecule has 1 aliphatic rings. The topological polar surface area (TPSA) is 60.2 Å². The minimum absolute atomic E-state index is 0.343. The maximum absolute atomic E-state index is 5.84. The molecule has 1 atom stereocenters. The molecule has 0 aromatic carbocycles. The van der Waals surface area contributed by atoms with Gasteiger partial charge in [0.15, 0.2) is 0 Å². The van der Waals surface area contributed by atoms with Crippen molar-refractivity contribution in [3.8, 4) is 0 Å². The Balaban J connectivity index is 2.05. The van der Waals surface area contributed by atoms with E-state index in [1.807, 2.05) is 19.1 Å². The van der Waals surface area contributed by atoms with Crippen LogP contribution in [-0.2, 0) is 4.74 Å². The smallest absolute Gasteiger partial charge is 0.149 e. The van der Waals surface area contributed by atoms with Crippen LogP contribution in [0.2, 0.25) is 0 Å². The zero-order valence-corrected chi connectivity index (χ0v) is 8.99. The molecule has 1 saturated heterocycles. The zero-order valence-electron chi connectivity index (χ0n) is 8.99. The van der Waals surface area contributed by atoms with E-state index in [1.54, 1.807) is 0 Å². The SMILES string of the molecule is Cc1ccc(N)c(NC2CCCOC2)n1. The van der Waals surface area contributed by atoms with Gasteiger partial charge in [-0.25, -0.2) is 4.98 Å². The van der Waals surface area contributed by atoms with E-state index < -0.39 is 0 Å². The molecule has 1 aromatic rings. The van der Waals surface area contributed by atoms with E-state index in [0.29, 0.717) is 11.7 Å². The molecule has 4 nitrogen and oxygen atoms in total. The van der Waals surface area contributed by atoms with E-state index in [9.17, 15) is 0 Å². The highest BCUT2D eigenvalue weighted by molar-refractivity contribution is 5.61. The van der Waals surface area contributed by atoms with Crippen LogP contribution in [0, 0.1) is 6.92 Å². The summed E-state index contributed by atoms with van der Waals surface area (Å²) >= 11 is 0. The molecule has 0 bridgehead atoms. The molecule has 0 amide bonds. The molecule has 3 N–H and O–H groups in total. The Bertz CT molecular complexity index is 335. The molecule has 2 heterocycles. The van der Waals surface area contributed by atoms with Gasteiger partial charge in [-0.05, 0) is 31.9 Å². The lowest BCUT2D eigenvalue weighted by Gasteiger charge is -2.24. The van der Waals surface area contributed by atoms with Gasteiger partial charge in [0.05, 0.1) is 18.3 Å². The second kappa shape index (κ2) is 4.49. The summed E-state index contributed by atoms with van der Waals surface area (Å²) in [6, 6.07) is 4.14. The summed E-state index contributed by atoms with van der Waals surface area (Å²) < 4.78 is 5.39. The van der Waals surface area contributed by atoms with Crippen LogP contribution in [0.5, 0.6) is 0 Å². The van der Waals surface area contributed by atoms with Crippen LogP contribution in [0.15, 0.2) is 12.1 Å². The lowest BCUT2D eigenvalue weighted by molar-refractivity contribution is 0.0875. The molecule has 0 radical (unpaired) electrons. The van der Waals surface area contributed by atoms with Crippen LogP contribution in [0.3, 0.4) is 0 Å². The standard InChI is InChI=1S/C11H17N3O/c1-8-4-5-10(12)11(13-8)14-9-3-2-6-15-7-9/h4-5,9H,2-3,6-7,12H2,1H3,(H,13,14). The van der Waals surface area contributed by atoms with Gasteiger partial charge in [0, 0.05) is 12.3 Å². The molecule has 1 aromatic heterocycles. The average Bonchev–Trinajstić information content (AvgIpc) is 2.25. The Hall–Kier alpha value is -1.29. The Morgan fingerprint density at radius 3 is 3.13 bits per heavy atom. The van der Waals surface area contributed by atoms with Gasteiger partial charge in [0.25, 0.3) is 0 Å². The summed E-state index contributed by atoms with van der Waals surface area (Å²) in [4.78, 5) is 4.38. The summed E-state index contributed by atoms with van der Waals surface area (Å²) in [5, 5.41) is 3.33. The van der Waals surface area contributed by atoms with E-state index in [-0.39, 0.29) is 0 Å². The Kier molecular flexibility index (Phi) is 3.06. The average molecular weight is 207 g/mol. The van der Waals surface area contributed by atoms with Crippen molar-refractivity contribution >= 4 is 11.5 Å². The molecule has 0 aliphatic carbocycles. The maximum atomic E-state index is 5.84. The third-order valence-corrected chi connectivity index (χ3v) is 2.57. The fourth-order valence-electron chi connectivity index (χ4n) is 1.73. The van der Waals surface area contributed by atoms with Gasteiger partial charge in [-0.2, -0.15) is 0 Å². The van der Waals surface area contributed by atoms with Gasteiger partial charge in [-0.15, -0.1) is 0 Å². The zero-order chi connectivity index (χ0) is 10.7. The number of nitrogens with two attached hydrogens (primary N) is 1. The highest BCUT2D eigenvalue weighted by atomic mass is 16.5. The Morgan fingerprint density at radius 1 is 1.53 bits per heavy atom. The minimum Gasteiger partial charge on any atom is -0.396 e. The number of ether oxygens (including phenoxy) is 1. The fraction of sp³-hybridized carbons (Fsp3) is 0.545. The van der Waals surface area contributed by atoms with Crippen molar-refractivity contribution in [2.24, 2.45) is 0 Å². The number of aromatic nitrogens is 1. The van der Waals surface area contributed by atoms with Crippen LogP contribution < -0.4 is 11.1 Å². The largest absolute Gasteiger partial charge is 0.396 e. The first-order chi connectivity index (χ1) is 7.25. The van der Waals surface area contributed by atoms with Crippen molar-refractivity contribution in [1.29, 1.82) is 0 Å². The summed E-state index contributed by atoms with van der Waals surface area (Å²) in [7, 11) is 0. The number of anilines is 2. The number of hydrogen-bond acceptors (Lipinski definition) is 4. The van der Waals surface area contributed by atoms with Gasteiger partial charge in [0.2, 0.25) is 0 Å². The monoisotopic (exact) mass is 207 g/mol. The van der Waals surface area contributed by atoms with Gasteiger partial charge in [0.1, 0.15) is 5.82 Å². The third-order valence-electron chi connectivity index (χ3n) is 2.57. The van der Waals surface area contributed by atoms with Crippen LogP contribution in [0.4, 0.5) is 11.5 Å². The van der Waals surface area contributed by atoms with Crippen molar-refractivity contribution in [2.45, 2.75) is 25.8 Å². The number of nitrogens with one attached hydrogen (secondary N) is 1. The van der Waals surface area contributed by atoms with Crippen LogP contribution in [0.25, 0.3) is 0 Å². The molecule has 0 spiro atoms. The van der Waals surface area contributed by atoms with Crippen molar-refractivity contribution in [3.05, 3.63) is 17.8 Å². The number of nitrogen functional groups attached to an aromatic ring is 1. The molecule has 0 saturated carbocycles. The molecule has 82 valence electrons. The van der Waals surface area contributed by atoms with Crippen LogP contribution in [0.1, 0.15) is 18.5 Å². The molecule has 4 heteroatoms. The van der Waals surface area contributed by atoms with Crippen molar-refractivity contribution in [1.82, 2.24) is 4.98 Å². The van der Waals surface area contributed by atoms with E-state index in [1.165, 1.54) is 0 Å². The quantitative estimate of drug-likeness (QED) is 0.772. The second-order valence-electron chi connectivity index (χ2n) is 3.95. The lowest BCUT2D eigenvalue weighted by Crippen LogP contribution is -2.30. The molecule has 2 rings (SSSR count). The molecule has 1 aliphatic heterocycles. The Labute approximate surface area is 89.8 Å². The summed E-state index contributed by atoms with van der Waals surface area (Å²) in [6.07, 6.45) is 2.22. The fourth-order valence-corrected chi connectivity index (χ4v) is 1.73. The number of nitrogens with zero attached hydrogens (tertiary/aromatic N) is 1. The summed E-state index contributed by atoms with van der Waals surface area (Å²) in [5.74, 6) is 0.783. The first-order valence-corrected chi connectivity index (χ1v) is 5.33. The lowest BCUT2D eigenvalue weighted by atomic mass is 10.1. The van der Waals surface area contributed by atoms with Gasteiger partial charge in [-0.1, -0.05) is 0 Å². The normalized spacial score (nSPS) is 21.3. The van der Waals surface area contributed by atoms with E-state index >= 15 is 0 Å². The van der Waals surface area contributed by atoms with Crippen LogP contribution >= 0.6 is 0 Å². The highest BCUT2D eigenvalue weighted by Crippen LogP contribution is 2.19. The second-order valence-corrected chi connectivity index (χ2v) is 3.95. The third kappa shape index (κ3) is 2.59. The first kappa shape index (κ1) is 10.2. The number of pyridine rings is 1. The van der Waals surface area contributed by atoms with Crippen molar-refractivity contribution < 1.29 is 4.74 Å². The highest BCUT2D eigenvalue weighted by Gasteiger charge is 2.14. The van der Waals surface area contributed by atoms with Crippen molar-refractivity contribution in [2.75, 3.05) is 24.3 Å². The van der Waals surface area contributed by atoms with E-state index in [4.69, 9.17) is 10.5 Å². The van der Waals surface area contributed by atoms with Gasteiger partial charge >= 0.3 is 0 Å². The number of aryl methyl sites for hydroxylation is 1. The molecular weight excluding hydrogens is 190 g/mol.